The Morgan fingerprint density at radius 3 is 2.73 bits per heavy atom. The quantitative estimate of drug-likeness (QED) is 0.781. The summed E-state index contributed by atoms with van der Waals surface area (Å²) in [4.78, 5) is 7.07. The molecule has 0 amide bonds. The SMILES string of the molecule is Cc1csc(C2(N)CN3CCC2CC3)n1. The van der Waals surface area contributed by atoms with Crippen LogP contribution >= 0.6 is 11.3 Å². The van der Waals surface area contributed by atoms with Crippen LogP contribution in [0, 0.1) is 12.8 Å². The molecule has 15 heavy (non-hydrogen) atoms. The van der Waals surface area contributed by atoms with E-state index in [2.05, 4.69) is 15.3 Å². The van der Waals surface area contributed by atoms with E-state index in [0.29, 0.717) is 5.92 Å². The Kier molecular flexibility index (Phi) is 2.13. The molecule has 1 atom stereocenters. The highest BCUT2D eigenvalue weighted by molar-refractivity contribution is 7.09. The Bertz CT molecular complexity index is 368. The molecule has 2 N–H and O–H groups in total. The number of rotatable bonds is 1. The van der Waals surface area contributed by atoms with E-state index in [4.69, 9.17) is 5.73 Å². The van der Waals surface area contributed by atoms with Crippen LogP contribution in [0.15, 0.2) is 5.38 Å². The molecule has 4 heteroatoms. The van der Waals surface area contributed by atoms with Gasteiger partial charge in [0.25, 0.3) is 0 Å². The molecule has 0 aromatic carbocycles. The number of nitrogens with two attached hydrogens (primary N) is 1. The molecule has 1 aromatic heterocycles. The van der Waals surface area contributed by atoms with Crippen molar-refractivity contribution in [3.8, 4) is 0 Å². The summed E-state index contributed by atoms with van der Waals surface area (Å²) in [7, 11) is 0. The molecule has 2 bridgehead atoms. The molecule has 0 aliphatic carbocycles. The van der Waals surface area contributed by atoms with Crippen LogP contribution in [0.25, 0.3) is 0 Å². The Balaban J connectivity index is 1.96. The minimum atomic E-state index is -0.157. The van der Waals surface area contributed by atoms with E-state index in [-0.39, 0.29) is 5.54 Å². The van der Waals surface area contributed by atoms with Crippen molar-refractivity contribution >= 4 is 11.3 Å². The Hall–Kier alpha value is -0.450. The Morgan fingerprint density at radius 2 is 2.27 bits per heavy atom. The fraction of sp³-hybridized carbons (Fsp3) is 0.727. The van der Waals surface area contributed by atoms with E-state index in [1.54, 1.807) is 11.3 Å². The lowest BCUT2D eigenvalue weighted by Gasteiger charge is -2.50. The molecular formula is C11H17N3S. The summed E-state index contributed by atoms with van der Waals surface area (Å²) < 4.78 is 0. The number of hydrogen-bond acceptors (Lipinski definition) is 4. The highest BCUT2D eigenvalue weighted by Crippen LogP contribution is 2.41. The largest absolute Gasteiger partial charge is 0.318 e. The standard InChI is InChI=1S/C11H17N3S/c1-8-6-15-10(13-8)11(12)7-14-4-2-9(11)3-5-14/h6,9H,2-5,7,12H2,1H3. The lowest BCUT2D eigenvalue weighted by atomic mass is 9.74. The van der Waals surface area contributed by atoms with Crippen LogP contribution in [0.4, 0.5) is 0 Å². The summed E-state index contributed by atoms with van der Waals surface area (Å²) in [6.45, 7) is 5.51. The van der Waals surface area contributed by atoms with E-state index in [0.717, 1.165) is 17.2 Å². The van der Waals surface area contributed by atoms with E-state index < -0.39 is 0 Å². The van der Waals surface area contributed by atoms with Gasteiger partial charge in [0, 0.05) is 17.6 Å². The molecule has 3 fully saturated rings. The molecule has 4 heterocycles. The molecule has 1 aromatic rings. The topological polar surface area (TPSA) is 42.1 Å². The van der Waals surface area contributed by atoms with Gasteiger partial charge in [-0.3, -0.25) is 0 Å². The van der Waals surface area contributed by atoms with Crippen molar-refractivity contribution in [2.24, 2.45) is 11.7 Å². The molecule has 3 nitrogen and oxygen atoms in total. The third-order valence-corrected chi connectivity index (χ3v) is 4.97. The second kappa shape index (κ2) is 3.27. The van der Waals surface area contributed by atoms with Gasteiger partial charge in [-0.2, -0.15) is 0 Å². The van der Waals surface area contributed by atoms with E-state index in [9.17, 15) is 0 Å². The zero-order valence-corrected chi connectivity index (χ0v) is 9.89. The fourth-order valence-electron chi connectivity index (χ4n) is 2.92. The number of thiazole rings is 1. The lowest BCUT2D eigenvalue weighted by Crippen LogP contribution is -2.61. The number of nitrogens with zero attached hydrogens (tertiary/aromatic N) is 2. The van der Waals surface area contributed by atoms with Crippen LogP contribution in [-0.4, -0.2) is 29.5 Å². The van der Waals surface area contributed by atoms with Gasteiger partial charge < -0.3 is 10.6 Å². The van der Waals surface area contributed by atoms with Crippen LogP contribution in [0.5, 0.6) is 0 Å². The number of piperidine rings is 3. The van der Waals surface area contributed by atoms with Gasteiger partial charge in [-0.15, -0.1) is 11.3 Å². The van der Waals surface area contributed by atoms with Gasteiger partial charge in [-0.1, -0.05) is 0 Å². The summed E-state index contributed by atoms with van der Waals surface area (Å²) >= 11 is 1.73. The highest BCUT2D eigenvalue weighted by atomic mass is 32.1. The molecule has 0 radical (unpaired) electrons. The first kappa shape index (κ1) is 9.75. The van der Waals surface area contributed by atoms with E-state index in [1.807, 2.05) is 6.92 Å². The molecule has 0 saturated carbocycles. The summed E-state index contributed by atoms with van der Waals surface area (Å²) in [6.07, 6.45) is 2.49. The zero-order valence-electron chi connectivity index (χ0n) is 9.07. The molecule has 4 rings (SSSR count). The van der Waals surface area contributed by atoms with Crippen LogP contribution in [-0.2, 0) is 5.54 Å². The van der Waals surface area contributed by atoms with Gasteiger partial charge in [-0.05, 0) is 38.8 Å². The smallest absolute Gasteiger partial charge is 0.114 e. The van der Waals surface area contributed by atoms with E-state index >= 15 is 0 Å². The van der Waals surface area contributed by atoms with Gasteiger partial charge in [0.15, 0.2) is 0 Å². The summed E-state index contributed by atoms with van der Waals surface area (Å²) in [5.74, 6) is 0.646. The zero-order chi connectivity index (χ0) is 10.5. The monoisotopic (exact) mass is 223 g/mol. The average molecular weight is 223 g/mol. The third kappa shape index (κ3) is 1.43. The van der Waals surface area contributed by atoms with Crippen LogP contribution in [0.3, 0.4) is 0 Å². The maximum Gasteiger partial charge on any atom is 0.114 e. The first-order chi connectivity index (χ1) is 7.18. The van der Waals surface area contributed by atoms with Gasteiger partial charge in [-0.25, -0.2) is 4.98 Å². The van der Waals surface area contributed by atoms with Crippen molar-refractivity contribution in [1.29, 1.82) is 0 Å². The van der Waals surface area contributed by atoms with Crippen LogP contribution in [0.1, 0.15) is 23.5 Å². The van der Waals surface area contributed by atoms with Gasteiger partial charge in [0.2, 0.25) is 0 Å². The molecule has 3 saturated heterocycles. The predicted molar refractivity (Wildman–Crippen MR) is 61.9 cm³/mol. The van der Waals surface area contributed by atoms with Crippen molar-refractivity contribution in [2.75, 3.05) is 19.6 Å². The highest BCUT2D eigenvalue weighted by Gasteiger charge is 2.46. The number of aromatic nitrogens is 1. The minimum Gasteiger partial charge on any atom is -0.318 e. The maximum absolute atomic E-state index is 6.59. The lowest BCUT2D eigenvalue weighted by molar-refractivity contribution is 0.0265. The number of fused-ring (bicyclic) bond motifs is 3. The van der Waals surface area contributed by atoms with Gasteiger partial charge >= 0.3 is 0 Å². The molecular weight excluding hydrogens is 206 g/mol. The molecule has 1 unspecified atom stereocenters. The third-order valence-electron chi connectivity index (χ3n) is 3.82. The average Bonchev–Trinajstić information content (AvgIpc) is 2.67. The minimum absolute atomic E-state index is 0.157. The fourth-order valence-corrected chi connectivity index (χ4v) is 3.90. The second-order valence-electron chi connectivity index (χ2n) is 4.88. The number of hydrogen-bond donors (Lipinski definition) is 1. The van der Waals surface area contributed by atoms with Crippen molar-refractivity contribution < 1.29 is 0 Å². The van der Waals surface area contributed by atoms with E-state index in [1.165, 1.54) is 25.9 Å². The maximum atomic E-state index is 6.59. The van der Waals surface area contributed by atoms with Gasteiger partial charge in [0.1, 0.15) is 5.01 Å². The summed E-state index contributed by atoms with van der Waals surface area (Å²) in [6, 6.07) is 0. The first-order valence-electron chi connectivity index (χ1n) is 5.62. The summed E-state index contributed by atoms with van der Waals surface area (Å²) in [5, 5.41) is 3.26. The van der Waals surface area contributed by atoms with Crippen LogP contribution in [0.2, 0.25) is 0 Å². The van der Waals surface area contributed by atoms with Crippen molar-refractivity contribution in [2.45, 2.75) is 25.3 Å². The Morgan fingerprint density at radius 1 is 1.53 bits per heavy atom. The van der Waals surface area contributed by atoms with Crippen molar-refractivity contribution in [1.82, 2.24) is 9.88 Å². The van der Waals surface area contributed by atoms with Crippen LogP contribution < -0.4 is 5.73 Å². The second-order valence-corrected chi connectivity index (χ2v) is 5.74. The Labute approximate surface area is 94.3 Å². The van der Waals surface area contributed by atoms with Crippen molar-refractivity contribution in [3.63, 3.8) is 0 Å². The van der Waals surface area contributed by atoms with Gasteiger partial charge in [0.05, 0.1) is 5.54 Å². The molecule has 3 aliphatic heterocycles. The number of aryl methyl sites for hydroxylation is 1. The molecule has 0 spiro atoms. The summed E-state index contributed by atoms with van der Waals surface area (Å²) in [5.41, 5.74) is 7.54. The van der Waals surface area contributed by atoms with Crippen molar-refractivity contribution in [3.05, 3.63) is 16.1 Å². The molecule has 3 aliphatic rings. The predicted octanol–water partition coefficient (Wildman–Crippen LogP) is 1.33. The normalized spacial score (nSPS) is 39.6. The molecule has 82 valence electrons. The first-order valence-corrected chi connectivity index (χ1v) is 6.50.